The number of piperidine rings is 2. The Labute approximate surface area is 290 Å². The number of fused-ring (bicyclic) bond motifs is 1. The van der Waals surface area contributed by atoms with E-state index in [2.05, 4.69) is 20.2 Å². The molecule has 4 aliphatic heterocycles. The van der Waals surface area contributed by atoms with Crippen molar-refractivity contribution in [2.45, 2.75) is 31.7 Å². The van der Waals surface area contributed by atoms with Gasteiger partial charge in [0.2, 0.25) is 11.8 Å². The molecular formula is C34H38N8O7. The number of nitrogens with zero attached hydrogens (tertiary/aromatic N) is 7. The number of benzene rings is 2. The van der Waals surface area contributed by atoms with Crippen molar-refractivity contribution >= 4 is 40.7 Å². The number of aryl methyl sites for hydroxylation is 1. The number of carbonyl (C=O) groups is 4. The molecule has 0 bridgehead atoms. The van der Waals surface area contributed by atoms with E-state index in [1.807, 2.05) is 4.90 Å². The van der Waals surface area contributed by atoms with Crippen molar-refractivity contribution in [2.24, 2.45) is 12.9 Å². The molecule has 7 rings (SSSR count). The highest BCUT2D eigenvalue weighted by molar-refractivity contribution is 6.23. The first-order chi connectivity index (χ1) is 26.0. The number of imide groups is 2. The Morgan fingerprint density at radius 1 is 0.959 bits per heavy atom. The van der Waals surface area contributed by atoms with Gasteiger partial charge in [0, 0.05) is 104 Å². The predicted molar refractivity (Wildman–Crippen MR) is 179 cm³/mol. The number of aromatic nitrogens is 2. The zero-order valence-electron chi connectivity index (χ0n) is 32.5. The third-order valence-corrected chi connectivity index (χ3v) is 9.91. The SMILES string of the molecule is [2H]C([2H])([2H])Oc1cc(N2CCC(CN3CCN(c4ccc5c(c4)C(=O)N(C4CCC(=O)NC4=O)C5=O)CC3)CC2)c(-c2cnn(C([2H])([2H])[2H])c2)cc1[N+](=O)[O-]. The molecule has 49 heavy (non-hydrogen) atoms. The molecule has 4 amide bonds. The van der Waals surface area contributed by atoms with Gasteiger partial charge in [-0.1, -0.05) is 0 Å². The molecule has 3 aromatic rings. The Morgan fingerprint density at radius 3 is 2.43 bits per heavy atom. The van der Waals surface area contributed by atoms with Crippen molar-refractivity contribution in [1.82, 2.24) is 24.9 Å². The first kappa shape index (κ1) is 25.7. The van der Waals surface area contributed by atoms with Crippen molar-refractivity contribution in [1.29, 1.82) is 0 Å². The van der Waals surface area contributed by atoms with Crippen LogP contribution in [0, 0.1) is 16.0 Å². The summed E-state index contributed by atoms with van der Waals surface area (Å²) in [4.78, 5) is 69.2. The summed E-state index contributed by atoms with van der Waals surface area (Å²) in [5, 5.41) is 18.1. The quantitative estimate of drug-likeness (QED) is 0.212. The first-order valence-corrected chi connectivity index (χ1v) is 16.1. The number of carbonyl (C=O) groups excluding carboxylic acids is 4. The van der Waals surface area contributed by atoms with Gasteiger partial charge in [-0.25, -0.2) is 0 Å². The second-order valence-electron chi connectivity index (χ2n) is 12.8. The van der Waals surface area contributed by atoms with Crippen LogP contribution < -0.4 is 19.9 Å². The number of hydrogen-bond donors (Lipinski definition) is 1. The van der Waals surface area contributed by atoms with Gasteiger partial charge >= 0.3 is 5.69 Å². The van der Waals surface area contributed by atoms with E-state index in [9.17, 15) is 29.3 Å². The van der Waals surface area contributed by atoms with Crippen LogP contribution in [0.15, 0.2) is 42.7 Å². The Hall–Kier alpha value is -5.31. The third kappa shape index (κ3) is 6.09. The summed E-state index contributed by atoms with van der Waals surface area (Å²) in [7, 11) is -2.94. The number of nitro benzene ring substituents is 1. The average molecular weight is 677 g/mol. The van der Waals surface area contributed by atoms with Crippen LogP contribution in [0.3, 0.4) is 0 Å². The molecule has 1 N–H and O–H groups in total. The summed E-state index contributed by atoms with van der Waals surface area (Å²) in [6.45, 7) is 2.22. The fraction of sp³-hybridized carbons (Fsp3) is 0.441. The van der Waals surface area contributed by atoms with Crippen LogP contribution >= 0.6 is 0 Å². The van der Waals surface area contributed by atoms with Crippen molar-refractivity contribution < 1.29 is 37.1 Å². The van der Waals surface area contributed by atoms with Gasteiger partial charge in [0.15, 0.2) is 5.75 Å². The zero-order chi connectivity index (χ0) is 39.4. The molecule has 15 heteroatoms. The van der Waals surface area contributed by atoms with Gasteiger partial charge in [-0.3, -0.25) is 49.1 Å². The Bertz CT molecular complexity index is 2060. The Balaban J connectivity index is 0.993. The summed E-state index contributed by atoms with van der Waals surface area (Å²) in [6.07, 6.45) is 4.26. The second-order valence-corrected chi connectivity index (χ2v) is 12.8. The minimum absolute atomic E-state index is 0.0488. The molecule has 1 unspecified atom stereocenters. The number of rotatable bonds is 8. The molecule has 1 aromatic heterocycles. The van der Waals surface area contributed by atoms with Crippen LogP contribution in [-0.2, 0) is 16.6 Å². The van der Waals surface area contributed by atoms with Gasteiger partial charge in [-0.2, -0.15) is 5.10 Å². The Morgan fingerprint density at radius 2 is 1.73 bits per heavy atom. The maximum absolute atomic E-state index is 13.3. The van der Waals surface area contributed by atoms with Crippen LogP contribution in [0.2, 0.25) is 0 Å². The molecule has 2 aromatic carbocycles. The van der Waals surface area contributed by atoms with Crippen molar-refractivity contribution in [3.8, 4) is 16.9 Å². The predicted octanol–water partition coefficient (Wildman–Crippen LogP) is 2.44. The number of piperazine rings is 1. The van der Waals surface area contributed by atoms with Gasteiger partial charge < -0.3 is 14.5 Å². The second kappa shape index (κ2) is 13.0. The highest BCUT2D eigenvalue weighted by atomic mass is 16.6. The van der Waals surface area contributed by atoms with Gasteiger partial charge in [0.1, 0.15) is 6.04 Å². The fourth-order valence-electron chi connectivity index (χ4n) is 7.30. The van der Waals surface area contributed by atoms with E-state index in [1.54, 1.807) is 18.2 Å². The molecule has 1 atom stereocenters. The van der Waals surface area contributed by atoms with Crippen molar-refractivity contribution in [3.63, 3.8) is 0 Å². The summed E-state index contributed by atoms with van der Waals surface area (Å²) in [5.41, 5.74) is 1.81. The van der Waals surface area contributed by atoms with Crippen LogP contribution in [0.25, 0.3) is 11.1 Å². The molecule has 256 valence electrons. The minimum atomic E-state index is -2.94. The number of nitro groups is 1. The summed E-state index contributed by atoms with van der Waals surface area (Å²) in [6, 6.07) is 6.62. The van der Waals surface area contributed by atoms with Gasteiger partial charge in [-0.05, 0) is 43.4 Å². The van der Waals surface area contributed by atoms with Crippen LogP contribution in [-0.4, -0.2) is 107 Å². The van der Waals surface area contributed by atoms with Gasteiger partial charge in [0.05, 0.1) is 33.4 Å². The van der Waals surface area contributed by atoms with Crippen LogP contribution in [0.5, 0.6) is 5.75 Å². The molecule has 5 heterocycles. The third-order valence-electron chi connectivity index (χ3n) is 9.91. The maximum Gasteiger partial charge on any atom is 0.311 e. The number of ether oxygens (including phenoxy) is 1. The number of hydrogen-bond acceptors (Lipinski definition) is 11. The topological polar surface area (TPSA) is 163 Å². The highest BCUT2D eigenvalue weighted by Crippen LogP contribution is 2.41. The lowest BCUT2D eigenvalue weighted by Crippen LogP contribution is -2.54. The molecule has 0 radical (unpaired) electrons. The molecule has 3 fully saturated rings. The van der Waals surface area contributed by atoms with Crippen molar-refractivity contribution in [2.75, 3.05) is 62.7 Å². The summed E-state index contributed by atoms with van der Waals surface area (Å²) in [5.74, 6) is -2.27. The standard InChI is InChI=1S/C34H38N8O7/c1-37-20-22(18-35-37)25-16-29(42(47)48)30(49-2)17-28(25)40-9-7-21(8-10-40)19-38-11-13-39(14-12-38)23-3-4-24-26(15-23)34(46)41(33(24)45)27-5-6-31(43)36-32(27)44/h3-4,15-18,20-21,27H,5-14,19H2,1-2H3,(H,36,43,44)/i1D3,2D3. The first-order valence-electron chi connectivity index (χ1n) is 19.1. The lowest BCUT2D eigenvalue weighted by atomic mass is 9.94. The number of anilines is 2. The van der Waals surface area contributed by atoms with E-state index < -0.39 is 60.0 Å². The highest BCUT2D eigenvalue weighted by Gasteiger charge is 2.45. The number of methoxy groups -OCH3 is 1. The monoisotopic (exact) mass is 676 g/mol. The molecule has 15 nitrogen and oxygen atoms in total. The van der Waals surface area contributed by atoms with E-state index >= 15 is 0 Å². The largest absolute Gasteiger partial charge is 0.490 e. The zero-order valence-corrected chi connectivity index (χ0v) is 26.5. The molecular weight excluding hydrogens is 632 g/mol. The number of nitrogens with one attached hydrogen (secondary N) is 1. The van der Waals surface area contributed by atoms with Gasteiger partial charge in [-0.15, -0.1) is 0 Å². The van der Waals surface area contributed by atoms with Gasteiger partial charge in [0.25, 0.3) is 11.8 Å². The lowest BCUT2D eigenvalue weighted by molar-refractivity contribution is -0.385. The van der Waals surface area contributed by atoms with E-state index in [1.165, 1.54) is 24.5 Å². The molecule has 0 aliphatic carbocycles. The smallest absolute Gasteiger partial charge is 0.311 e. The normalized spacial score (nSPS) is 22.9. The fourth-order valence-corrected chi connectivity index (χ4v) is 7.30. The Kier molecular flexibility index (Phi) is 6.79. The van der Waals surface area contributed by atoms with E-state index in [-0.39, 0.29) is 24.0 Å². The van der Waals surface area contributed by atoms with Crippen molar-refractivity contribution in [3.05, 3.63) is 64.0 Å². The summed E-state index contributed by atoms with van der Waals surface area (Å²) < 4.78 is 51.6. The van der Waals surface area contributed by atoms with Crippen LogP contribution in [0.1, 0.15) is 54.6 Å². The minimum Gasteiger partial charge on any atom is -0.490 e. The molecule has 4 aliphatic rings. The van der Waals surface area contributed by atoms with E-state index in [0.29, 0.717) is 48.9 Å². The average Bonchev–Trinajstić information content (AvgIpc) is 3.72. The molecule has 3 saturated heterocycles. The number of amides is 4. The van der Waals surface area contributed by atoms with E-state index in [0.717, 1.165) is 47.7 Å². The van der Waals surface area contributed by atoms with E-state index in [4.69, 9.17) is 13.0 Å². The molecule has 0 saturated carbocycles. The molecule has 0 spiro atoms. The summed E-state index contributed by atoms with van der Waals surface area (Å²) >= 11 is 0. The van der Waals surface area contributed by atoms with Crippen LogP contribution in [0.4, 0.5) is 17.1 Å². The lowest BCUT2D eigenvalue weighted by Gasteiger charge is -2.40. The maximum atomic E-state index is 13.3.